The van der Waals surface area contributed by atoms with Crippen molar-refractivity contribution in [2.75, 3.05) is 44.7 Å². The molecule has 0 spiro atoms. The third kappa shape index (κ3) is 6.27. The molecule has 1 aliphatic rings. The summed E-state index contributed by atoms with van der Waals surface area (Å²) in [6, 6.07) is 14.0. The fourth-order valence-corrected chi connectivity index (χ4v) is 3.48. The van der Waals surface area contributed by atoms with E-state index in [9.17, 15) is 4.79 Å². The van der Waals surface area contributed by atoms with E-state index in [1.165, 1.54) is 5.56 Å². The van der Waals surface area contributed by atoms with Gasteiger partial charge in [-0.05, 0) is 24.6 Å². The first-order valence-electron chi connectivity index (χ1n) is 9.60. The molecule has 2 heterocycles. The Morgan fingerprint density at radius 2 is 2.00 bits per heavy atom. The summed E-state index contributed by atoms with van der Waals surface area (Å²) in [6.07, 6.45) is 1.60. The number of rotatable bonds is 8. The maximum absolute atomic E-state index is 12.7. The molecule has 0 bridgehead atoms. The van der Waals surface area contributed by atoms with E-state index in [0.717, 1.165) is 32.8 Å². The smallest absolute Gasteiger partial charge is 0.238 e. The molecular formula is C21H27ClN4O2. The number of aromatic nitrogens is 1. The minimum atomic E-state index is -0.0975. The average Bonchev–Trinajstić information content (AvgIpc) is 2.71. The molecule has 1 unspecified atom stereocenters. The van der Waals surface area contributed by atoms with Crippen LogP contribution in [0.1, 0.15) is 12.5 Å². The average molecular weight is 403 g/mol. The number of amides is 1. The van der Waals surface area contributed by atoms with E-state index in [2.05, 4.69) is 39.2 Å². The summed E-state index contributed by atoms with van der Waals surface area (Å²) in [7, 11) is 0. The highest BCUT2D eigenvalue weighted by Gasteiger charge is 2.22. The number of carbonyl (C=O) groups excluding carboxylic acids is 1. The van der Waals surface area contributed by atoms with Gasteiger partial charge in [-0.1, -0.05) is 41.9 Å². The van der Waals surface area contributed by atoms with Gasteiger partial charge < -0.3 is 10.1 Å². The van der Waals surface area contributed by atoms with Crippen LogP contribution in [0.2, 0.25) is 5.15 Å². The molecule has 1 saturated heterocycles. The van der Waals surface area contributed by atoms with Gasteiger partial charge in [0, 0.05) is 38.4 Å². The zero-order chi connectivity index (χ0) is 19.8. The lowest BCUT2D eigenvalue weighted by atomic mass is 10.1. The second-order valence-corrected chi connectivity index (χ2v) is 7.40. The number of ether oxygens (including phenoxy) is 1. The molecule has 7 heteroatoms. The molecule has 1 atom stereocenters. The Labute approximate surface area is 171 Å². The Morgan fingerprint density at radius 1 is 1.25 bits per heavy atom. The van der Waals surface area contributed by atoms with Crippen molar-refractivity contribution in [2.24, 2.45) is 0 Å². The third-order valence-electron chi connectivity index (χ3n) is 4.86. The Balaban J connectivity index is 1.65. The van der Waals surface area contributed by atoms with Crippen molar-refractivity contribution >= 4 is 23.2 Å². The minimum absolute atomic E-state index is 0.0975. The van der Waals surface area contributed by atoms with Crippen molar-refractivity contribution in [3.63, 3.8) is 0 Å². The summed E-state index contributed by atoms with van der Waals surface area (Å²) in [5, 5.41) is 3.17. The Bertz CT molecular complexity index is 753. The summed E-state index contributed by atoms with van der Waals surface area (Å²) in [5.74, 6) is -0.0975. The lowest BCUT2D eigenvalue weighted by Crippen LogP contribution is -2.47. The highest BCUT2D eigenvalue weighted by molar-refractivity contribution is 6.32. The summed E-state index contributed by atoms with van der Waals surface area (Å²) >= 11 is 6.07. The number of pyridine rings is 1. The first kappa shape index (κ1) is 20.7. The molecule has 1 amide bonds. The van der Waals surface area contributed by atoms with E-state index in [4.69, 9.17) is 16.3 Å². The van der Waals surface area contributed by atoms with Crippen molar-refractivity contribution in [1.82, 2.24) is 14.8 Å². The van der Waals surface area contributed by atoms with Crippen LogP contribution in [0.15, 0.2) is 48.7 Å². The number of halogens is 1. The zero-order valence-electron chi connectivity index (χ0n) is 16.2. The molecule has 0 aliphatic carbocycles. The molecule has 0 saturated carbocycles. The summed E-state index contributed by atoms with van der Waals surface area (Å²) in [6.45, 7) is 7.46. The van der Waals surface area contributed by atoms with Gasteiger partial charge in [0.25, 0.3) is 0 Å². The Hall–Kier alpha value is -1.99. The van der Waals surface area contributed by atoms with E-state index in [0.29, 0.717) is 17.4 Å². The molecule has 1 fully saturated rings. The SMILES string of the molecule is CC(CN1CCOCC1)N(CC(=O)Nc1cccnc1Cl)Cc1ccccc1. The van der Waals surface area contributed by atoms with Gasteiger partial charge in [-0.15, -0.1) is 0 Å². The van der Waals surface area contributed by atoms with Crippen LogP contribution in [0, 0.1) is 0 Å². The number of hydrogen-bond donors (Lipinski definition) is 1. The van der Waals surface area contributed by atoms with Crippen molar-refractivity contribution in [3.8, 4) is 0 Å². The molecular weight excluding hydrogens is 376 g/mol. The zero-order valence-corrected chi connectivity index (χ0v) is 16.9. The topological polar surface area (TPSA) is 57.7 Å². The Kier molecular flexibility index (Phi) is 7.80. The monoisotopic (exact) mass is 402 g/mol. The number of morpholine rings is 1. The van der Waals surface area contributed by atoms with Gasteiger partial charge in [-0.2, -0.15) is 0 Å². The molecule has 3 rings (SSSR count). The lowest BCUT2D eigenvalue weighted by Gasteiger charge is -2.34. The van der Waals surface area contributed by atoms with Crippen LogP contribution in [0.5, 0.6) is 0 Å². The number of carbonyl (C=O) groups is 1. The molecule has 0 radical (unpaired) electrons. The molecule has 2 aromatic rings. The van der Waals surface area contributed by atoms with Crippen LogP contribution >= 0.6 is 11.6 Å². The predicted molar refractivity (Wildman–Crippen MR) is 111 cm³/mol. The van der Waals surface area contributed by atoms with Crippen LogP contribution in [-0.2, 0) is 16.1 Å². The van der Waals surface area contributed by atoms with Crippen LogP contribution in [0.25, 0.3) is 0 Å². The van der Waals surface area contributed by atoms with E-state index in [-0.39, 0.29) is 18.5 Å². The van der Waals surface area contributed by atoms with Gasteiger partial charge >= 0.3 is 0 Å². The largest absolute Gasteiger partial charge is 0.379 e. The van der Waals surface area contributed by atoms with Crippen LogP contribution < -0.4 is 5.32 Å². The summed E-state index contributed by atoms with van der Waals surface area (Å²) < 4.78 is 5.44. The highest BCUT2D eigenvalue weighted by Crippen LogP contribution is 2.18. The van der Waals surface area contributed by atoms with Gasteiger partial charge in [0.1, 0.15) is 0 Å². The van der Waals surface area contributed by atoms with Crippen molar-refractivity contribution < 1.29 is 9.53 Å². The number of benzene rings is 1. The maximum Gasteiger partial charge on any atom is 0.238 e. The van der Waals surface area contributed by atoms with Crippen LogP contribution in [0.4, 0.5) is 5.69 Å². The van der Waals surface area contributed by atoms with Crippen molar-refractivity contribution in [3.05, 3.63) is 59.4 Å². The normalized spacial score (nSPS) is 16.1. The van der Waals surface area contributed by atoms with Crippen LogP contribution in [0.3, 0.4) is 0 Å². The second kappa shape index (κ2) is 10.5. The second-order valence-electron chi connectivity index (χ2n) is 7.04. The lowest BCUT2D eigenvalue weighted by molar-refractivity contribution is -0.118. The standard InChI is InChI=1S/C21H27ClN4O2/c1-17(14-25-10-12-28-13-11-25)26(15-18-6-3-2-4-7-18)16-20(27)24-19-8-5-9-23-21(19)22/h2-9,17H,10-16H2,1H3,(H,24,27). The molecule has 1 aromatic heterocycles. The number of hydrogen-bond acceptors (Lipinski definition) is 5. The fourth-order valence-electron chi connectivity index (χ4n) is 3.31. The van der Waals surface area contributed by atoms with Crippen LogP contribution in [-0.4, -0.2) is 66.1 Å². The number of nitrogens with zero attached hydrogens (tertiary/aromatic N) is 3. The predicted octanol–water partition coefficient (Wildman–Crippen LogP) is 2.90. The molecule has 1 aliphatic heterocycles. The van der Waals surface area contributed by atoms with Gasteiger partial charge in [-0.25, -0.2) is 4.98 Å². The van der Waals surface area contributed by atoms with Crippen molar-refractivity contribution in [1.29, 1.82) is 0 Å². The van der Waals surface area contributed by atoms with E-state index < -0.39 is 0 Å². The molecule has 6 nitrogen and oxygen atoms in total. The van der Waals surface area contributed by atoms with E-state index in [1.54, 1.807) is 18.3 Å². The van der Waals surface area contributed by atoms with Crippen molar-refractivity contribution in [2.45, 2.75) is 19.5 Å². The first-order valence-corrected chi connectivity index (χ1v) is 9.98. The quantitative estimate of drug-likeness (QED) is 0.688. The fraction of sp³-hybridized carbons (Fsp3) is 0.429. The minimum Gasteiger partial charge on any atom is -0.379 e. The first-order chi connectivity index (χ1) is 13.6. The molecule has 150 valence electrons. The highest BCUT2D eigenvalue weighted by atomic mass is 35.5. The van der Waals surface area contributed by atoms with Gasteiger partial charge in [0.2, 0.25) is 5.91 Å². The maximum atomic E-state index is 12.7. The van der Waals surface area contributed by atoms with E-state index >= 15 is 0 Å². The third-order valence-corrected chi connectivity index (χ3v) is 5.16. The molecule has 1 aromatic carbocycles. The van der Waals surface area contributed by atoms with Gasteiger partial charge in [0.05, 0.1) is 25.4 Å². The van der Waals surface area contributed by atoms with Gasteiger partial charge in [-0.3, -0.25) is 14.6 Å². The summed E-state index contributed by atoms with van der Waals surface area (Å²) in [4.78, 5) is 21.3. The summed E-state index contributed by atoms with van der Waals surface area (Å²) in [5.41, 5.74) is 1.72. The van der Waals surface area contributed by atoms with E-state index in [1.807, 2.05) is 18.2 Å². The molecule has 28 heavy (non-hydrogen) atoms. The van der Waals surface area contributed by atoms with Gasteiger partial charge in [0.15, 0.2) is 5.15 Å². The number of anilines is 1. The molecule has 1 N–H and O–H groups in total. The number of nitrogens with one attached hydrogen (secondary N) is 1. The Morgan fingerprint density at radius 3 is 2.71 bits per heavy atom.